The number of amides is 2. The zero-order chi connectivity index (χ0) is 18.7. The third-order valence-corrected chi connectivity index (χ3v) is 5.02. The van der Waals surface area contributed by atoms with Gasteiger partial charge in [-0.1, -0.05) is 56.3 Å². The molecule has 2 aromatic rings. The average Bonchev–Trinajstić information content (AvgIpc) is 3.42. The quantitative estimate of drug-likeness (QED) is 0.827. The lowest BCUT2D eigenvalue weighted by molar-refractivity contribution is -0.125. The lowest BCUT2D eigenvalue weighted by atomic mass is 10.0. The number of rotatable bonds is 6. The maximum absolute atomic E-state index is 12.5. The van der Waals surface area contributed by atoms with Crippen LogP contribution in [0.5, 0.6) is 0 Å². The number of carbonyl (C=O) groups is 2. The van der Waals surface area contributed by atoms with Crippen LogP contribution in [-0.2, 0) is 16.1 Å². The Kier molecular flexibility index (Phi) is 5.40. The number of carbonyl (C=O) groups excluding carboxylic acids is 2. The minimum Gasteiger partial charge on any atom is -0.352 e. The molecule has 3 rings (SSSR count). The van der Waals surface area contributed by atoms with Gasteiger partial charge in [0.1, 0.15) is 0 Å². The van der Waals surface area contributed by atoms with Crippen LogP contribution in [0.1, 0.15) is 42.9 Å². The van der Waals surface area contributed by atoms with Gasteiger partial charge >= 0.3 is 0 Å². The molecule has 2 aromatic carbocycles. The van der Waals surface area contributed by atoms with Gasteiger partial charge in [-0.05, 0) is 42.0 Å². The summed E-state index contributed by atoms with van der Waals surface area (Å²) in [5.41, 5.74) is 4.22. The van der Waals surface area contributed by atoms with Crippen molar-refractivity contribution in [3.05, 3.63) is 65.2 Å². The summed E-state index contributed by atoms with van der Waals surface area (Å²) in [6.07, 6.45) is 0.620. The average molecular weight is 350 g/mol. The van der Waals surface area contributed by atoms with Gasteiger partial charge in [0.05, 0.1) is 11.8 Å². The second-order valence-corrected chi connectivity index (χ2v) is 7.32. The zero-order valence-electron chi connectivity index (χ0n) is 15.6. The van der Waals surface area contributed by atoms with E-state index in [4.69, 9.17) is 0 Å². The van der Waals surface area contributed by atoms with Gasteiger partial charge in [-0.25, -0.2) is 0 Å². The second-order valence-electron chi connectivity index (χ2n) is 7.32. The summed E-state index contributed by atoms with van der Waals surface area (Å²) in [4.78, 5) is 24.8. The van der Waals surface area contributed by atoms with Crippen molar-refractivity contribution in [3.8, 4) is 0 Å². The van der Waals surface area contributed by atoms with Crippen molar-refractivity contribution >= 4 is 17.5 Å². The van der Waals surface area contributed by atoms with E-state index in [9.17, 15) is 9.59 Å². The van der Waals surface area contributed by atoms with Gasteiger partial charge in [-0.2, -0.15) is 0 Å². The van der Waals surface area contributed by atoms with Crippen LogP contribution in [0, 0.1) is 18.8 Å². The molecule has 0 aliphatic heterocycles. The zero-order valence-corrected chi connectivity index (χ0v) is 15.6. The lowest BCUT2D eigenvalue weighted by Gasteiger charge is -2.13. The molecule has 1 aliphatic rings. The van der Waals surface area contributed by atoms with Crippen molar-refractivity contribution in [2.75, 3.05) is 5.32 Å². The predicted octanol–water partition coefficient (Wildman–Crippen LogP) is 4.01. The molecule has 2 amide bonds. The number of nitrogens with one attached hydrogen (secondary N) is 2. The normalized spacial score (nSPS) is 18.5. The Bertz CT molecular complexity index is 813. The molecule has 2 unspecified atom stereocenters. The first-order chi connectivity index (χ1) is 12.5. The second kappa shape index (κ2) is 7.73. The van der Waals surface area contributed by atoms with E-state index in [-0.39, 0.29) is 23.7 Å². The maximum Gasteiger partial charge on any atom is 0.228 e. The third kappa shape index (κ3) is 4.13. The summed E-state index contributed by atoms with van der Waals surface area (Å²) in [6.45, 7) is 6.74. The lowest BCUT2D eigenvalue weighted by Crippen LogP contribution is -2.27. The minimum absolute atomic E-state index is 0.0365. The number of anilines is 1. The van der Waals surface area contributed by atoms with Crippen LogP contribution in [0.4, 0.5) is 5.69 Å². The molecule has 2 N–H and O–H groups in total. The number of para-hydroxylation sites is 1. The van der Waals surface area contributed by atoms with Crippen molar-refractivity contribution < 1.29 is 9.59 Å². The Labute approximate surface area is 155 Å². The summed E-state index contributed by atoms with van der Waals surface area (Å²) in [5.74, 6) is -0.212. The molecule has 136 valence electrons. The summed E-state index contributed by atoms with van der Waals surface area (Å²) in [6, 6.07) is 15.8. The topological polar surface area (TPSA) is 58.2 Å². The van der Waals surface area contributed by atoms with Crippen molar-refractivity contribution in [3.63, 3.8) is 0 Å². The SMILES string of the molecule is Cc1ccccc1CNC(=O)C1CC1C(=O)Nc1ccccc1C(C)C. The molecule has 1 fully saturated rings. The van der Waals surface area contributed by atoms with Gasteiger partial charge in [0.15, 0.2) is 0 Å². The van der Waals surface area contributed by atoms with Crippen LogP contribution in [-0.4, -0.2) is 11.8 Å². The van der Waals surface area contributed by atoms with E-state index in [2.05, 4.69) is 24.5 Å². The molecule has 0 radical (unpaired) electrons. The molecular weight excluding hydrogens is 324 g/mol. The molecule has 0 saturated heterocycles. The highest BCUT2D eigenvalue weighted by Crippen LogP contribution is 2.40. The molecule has 4 heteroatoms. The smallest absolute Gasteiger partial charge is 0.228 e. The van der Waals surface area contributed by atoms with Crippen LogP contribution < -0.4 is 10.6 Å². The van der Waals surface area contributed by atoms with Gasteiger partial charge in [-0.3, -0.25) is 9.59 Å². The molecule has 0 bridgehead atoms. The van der Waals surface area contributed by atoms with Gasteiger partial charge in [-0.15, -0.1) is 0 Å². The van der Waals surface area contributed by atoms with Crippen LogP contribution in [0.25, 0.3) is 0 Å². The minimum atomic E-state index is -0.230. The molecule has 1 aliphatic carbocycles. The van der Waals surface area contributed by atoms with Crippen LogP contribution in [0.2, 0.25) is 0 Å². The number of hydrogen-bond donors (Lipinski definition) is 2. The number of aryl methyl sites for hydroxylation is 1. The number of benzene rings is 2. The highest BCUT2D eigenvalue weighted by atomic mass is 16.2. The monoisotopic (exact) mass is 350 g/mol. The Hall–Kier alpha value is -2.62. The van der Waals surface area contributed by atoms with Crippen molar-refractivity contribution in [1.29, 1.82) is 0 Å². The first-order valence-electron chi connectivity index (χ1n) is 9.19. The number of hydrogen-bond acceptors (Lipinski definition) is 2. The van der Waals surface area contributed by atoms with Crippen LogP contribution in [0.3, 0.4) is 0 Å². The summed E-state index contributed by atoms with van der Waals surface area (Å²) in [5, 5.41) is 5.96. The van der Waals surface area contributed by atoms with E-state index >= 15 is 0 Å². The van der Waals surface area contributed by atoms with Crippen molar-refractivity contribution in [1.82, 2.24) is 5.32 Å². The van der Waals surface area contributed by atoms with Gasteiger partial charge in [0.25, 0.3) is 0 Å². The Balaban J connectivity index is 1.54. The molecule has 0 heterocycles. The summed E-state index contributed by atoms with van der Waals surface area (Å²) < 4.78 is 0. The fraction of sp³-hybridized carbons (Fsp3) is 0.364. The Morgan fingerprint density at radius 2 is 1.65 bits per heavy atom. The predicted molar refractivity (Wildman–Crippen MR) is 104 cm³/mol. The molecule has 1 saturated carbocycles. The van der Waals surface area contributed by atoms with Crippen molar-refractivity contribution in [2.45, 2.75) is 39.7 Å². The first-order valence-corrected chi connectivity index (χ1v) is 9.19. The maximum atomic E-state index is 12.5. The van der Waals surface area contributed by atoms with Crippen LogP contribution >= 0.6 is 0 Å². The molecular formula is C22H26N2O2. The molecule has 26 heavy (non-hydrogen) atoms. The van der Waals surface area contributed by atoms with E-state index in [1.165, 1.54) is 0 Å². The fourth-order valence-corrected chi connectivity index (χ4v) is 3.24. The van der Waals surface area contributed by atoms with Crippen LogP contribution in [0.15, 0.2) is 48.5 Å². The molecule has 4 nitrogen and oxygen atoms in total. The van der Waals surface area contributed by atoms with Crippen molar-refractivity contribution in [2.24, 2.45) is 11.8 Å². The largest absolute Gasteiger partial charge is 0.352 e. The van der Waals surface area contributed by atoms with E-state index in [1.807, 2.05) is 55.5 Å². The highest BCUT2D eigenvalue weighted by molar-refractivity contribution is 6.00. The molecule has 0 spiro atoms. The van der Waals surface area contributed by atoms with Gasteiger partial charge < -0.3 is 10.6 Å². The third-order valence-electron chi connectivity index (χ3n) is 5.02. The highest BCUT2D eigenvalue weighted by Gasteiger charge is 2.48. The van der Waals surface area contributed by atoms with E-state index in [1.54, 1.807) is 0 Å². The van der Waals surface area contributed by atoms with E-state index in [0.29, 0.717) is 18.9 Å². The Morgan fingerprint density at radius 3 is 2.38 bits per heavy atom. The van der Waals surface area contributed by atoms with Gasteiger partial charge in [0.2, 0.25) is 11.8 Å². The molecule has 2 atom stereocenters. The first kappa shape index (κ1) is 18.2. The molecule has 0 aromatic heterocycles. The van der Waals surface area contributed by atoms with Gasteiger partial charge in [0, 0.05) is 12.2 Å². The summed E-state index contributed by atoms with van der Waals surface area (Å²) >= 11 is 0. The van der Waals surface area contributed by atoms with E-state index < -0.39 is 0 Å². The standard InChI is InChI=1S/C22H26N2O2/c1-14(2)17-10-6-7-11-20(17)24-22(26)19-12-18(19)21(25)23-13-16-9-5-4-8-15(16)3/h4-11,14,18-19H,12-13H2,1-3H3,(H,23,25)(H,24,26). The fourth-order valence-electron chi connectivity index (χ4n) is 3.24. The Morgan fingerprint density at radius 1 is 1.00 bits per heavy atom. The summed E-state index contributed by atoms with van der Waals surface area (Å²) in [7, 11) is 0. The van der Waals surface area contributed by atoms with E-state index in [0.717, 1.165) is 22.4 Å².